The van der Waals surface area contributed by atoms with E-state index in [9.17, 15) is 4.79 Å². The molecule has 0 unspecified atom stereocenters. The molecule has 0 bridgehead atoms. The molecule has 1 aliphatic carbocycles. The lowest BCUT2D eigenvalue weighted by atomic mass is 9.94. The molecule has 0 N–H and O–H groups in total. The summed E-state index contributed by atoms with van der Waals surface area (Å²) in [6, 6.07) is 21.5. The van der Waals surface area contributed by atoms with Crippen molar-refractivity contribution < 1.29 is 4.79 Å². The first-order valence-corrected chi connectivity index (χ1v) is 12.7. The van der Waals surface area contributed by atoms with Gasteiger partial charge in [0.05, 0.1) is 9.90 Å². The summed E-state index contributed by atoms with van der Waals surface area (Å²) >= 11 is 7.36. The molecule has 170 valence electrons. The Kier molecular flexibility index (Phi) is 8.27. The third-order valence-electron chi connectivity index (χ3n) is 6.22. The van der Waals surface area contributed by atoms with Crippen LogP contribution in [0.15, 0.2) is 73.1 Å². The molecule has 1 aliphatic rings. The lowest BCUT2D eigenvalue weighted by Gasteiger charge is -2.31. The Morgan fingerprint density at radius 1 is 1.03 bits per heavy atom. The maximum Gasteiger partial charge on any atom is 0.161 e. The van der Waals surface area contributed by atoms with Crippen molar-refractivity contribution in [1.82, 2.24) is 9.88 Å². The minimum Gasteiger partial charge on any atom is -0.299 e. The highest BCUT2D eigenvalue weighted by Crippen LogP contribution is 2.33. The normalized spacial score (nSPS) is 14.2. The van der Waals surface area contributed by atoms with Crippen molar-refractivity contribution in [2.24, 2.45) is 0 Å². The Morgan fingerprint density at radius 2 is 1.82 bits per heavy atom. The van der Waals surface area contributed by atoms with Crippen LogP contribution in [-0.2, 0) is 6.54 Å². The first-order valence-electron chi connectivity index (χ1n) is 11.5. The monoisotopic (exact) mass is 476 g/mol. The van der Waals surface area contributed by atoms with Crippen LogP contribution in [0.5, 0.6) is 0 Å². The second-order valence-corrected chi connectivity index (χ2v) is 10.0. The lowest BCUT2D eigenvalue weighted by molar-refractivity contribution is 0.112. The van der Waals surface area contributed by atoms with Gasteiger partial charge in [-0.15, -0.1) is 11.3 Å². The summed E-state index contributed by atoms with van der Waals surface area (Å²) in [6.07, 6.45) is 11.5. The highest BCUT2D eigenvalue weighted by molar-refractivity contribution is 7.21. The molecule has 1 saturated carbocycles. The molecule has 2 aromatic heterocycles. The van der Waals surface area contributed by atoms with E-state index in [-0.39, 0.29) is 0 Å². The zero-order chi connectivity index (χ0) is 23.0. The predicted octanol–water partition coefficient (Wildman–Crippen LogP) is 7.88. The fourth-order valence-corrected chi connectivity index (χ4v) is 5.72. The third-order valence-corrected chi connectivity index (χ3v) is 7.83. The van der Waals surface area contributed by atoms with E-state index in [0.717, 1.165) is 29.0 Å². The van der Waals surface area contributed by atoms with Gasteiger partial charge in [-0.25, -0.2) is 0 Å². The van der Waals surface area contributed by atoms with E-state index in [1.165, 1.54) is 60.1 Å². The smallest absolute Gasteiger partial charge is 0.161 e. The third kappa shape index (κ3) is 6.08. The Bertz CT molecular complexity index is 1180. The molecule has 0 spiro atoms. The van der Waals surface area contributed by atoms with Crippen molar-refractivity contribution in [2.45, 2.75) is 44.7 Å². The Hall–Kier alpha value is -2.53. The van der Waals surface area contributed by atoms with E-state index in [1.807, 2.05) is 42.7 Å². The molecular weight excluding hydrogens is 448 g/mol. The topological polar surface area (TPSA) is 33.2 Å². The second kappa shape index (κ2) is 11.6. The number of carbonyl (C=O) groups excluding carboxylic acids is 1. The van der Waals surface area contributed by atoms with E-state index < -0.39 is 0 Å². The van der Waals surface area contributed by atoms with E-state index in [1.54, 1.807) is 0 Å². The fourth-order valence-electron chi connectivity index (χ4n) is 4.43. The van der Waals surface area contributed by atoms with Gasteiger partial charge in [-0.2, -0.15) is 0 Å². The number of fused-ring (bicyclic) bond motifs is 1. The van der Waals surface area contributed by atoms with E-state index in [2.05, 4.69) is 47.3 Å². The van der Waals surface area contributed by atoms with Gasteiger partial charge in [0.1, 0.15) is 0 Å². The quantitative estimate of drug-likeness (QED) is 0.274. The molecule has 4 aromatic rings. The number of rotatable bonds is 5. The maximum atomic E-state index is 10.5. The Balaban J connectivity index is 0.000000183. The van der Waals surface area contributed by atoms with Crippen LogP contribution >= 0.6 is 22.9 Å². The molecule has 33 heavy (non-hydrogen) atoms. The number of hydrogen-bond acceptors (Lipinski definition) is 4. The van der Waals surface area contributed by atoms with Gasteiger partial charge >= 0.3 is 0 Å². The molecule has 5 heteroatoms. The number of pyridine rings is 1. The molecule has 0 radical (unpaired) electrons. The summed E-state index contributed by atoms with van der Waals surface area (Å²) in [6.45, 7) is 1.04. The van der Waals surface area contributed by atoms with Crippen LogP contribution in [0.1, 0.15) is 47.3 Å². The molecule has 0 amide bonds. The van der Waals surface area contributed by atoms with Gasteiger partial charge in [0, 0.05) is 35.1 Å². The molecular formula is C28H29ClN2OS. The summed E-state index contributed by atoms with van der Waals surface area (Å²) in [5.74, 6) is 0. The van der Waals surface area contributed by atoms with Gasteiger partial charge in [-0.1, -0.05) is 73.3 Å². The van der Waals surface area contributed by atoms with Crippen LogP contribution in [0.2, 0.25) is 5.02 Å². The minimum absolute atomic E-state index is 0.575. The average molecular weight is 477 g/mol. The predicted molar refractivity (Wildman–Crippen MR) is 140 cm³/mol. The van der Waals surface area contributed by atoms with Crippen LogP contribution in [0.25, 0.3) is 21.2 Å². The molecule has 0 aliphatic heterocycles. The molecule has 0 atom stereocenters. The number of benzene rings is 2. The van der Waals surface area contributed by atoms with Crippen LogP contribution in [0, 0.1) is 0 Å². The Morgan fingerprint density at radius 3 is 2.55 bits per heavy atom. The average Bonchev–Trinajstić information content (AvgIpc) is 3.21. The maximum absolute atomic E-state index is 10.5. The second-order valence-electron chi connectivity index (χ2n) is 8.54. The van der Waals surface area contributed by atoms with Gasteiger partial charge in [0.2, 0.25) is 0 Å². The number of hydrogen-bond donors (Lipinski definition) is 0. The SMILES string of the molecule is CN(Cc1cccc(-c2cccnc2)c1)C1CCCCC1.O=Cc1sc2ccccc2c1Cl. The van der Waals surface area contributed by atoms with Crippen LogP contribution in [0.3, 0.4) is 0 Å². The van der Waals surface area contributed by atoms with E-state index in [0.29, 0.717) is 9.90 Å². The van der Waals surface area contributed by atoms with Crippen molar-refractivity contribution in [3.8, 4) is 11.1 Å². The molecule has 5 rings (SSSR count). The first-order chi connectivity index (χ1) is 16.2. The van der Waals surface area contributed by atoms with Crippen molar-refractivity contribution in [2.75, 3.05) is 7.05 Å². The Labute approximate surface area is 205 Å². The summed E-state index contributed by atoms with van der Waals surface area (Å²) in [5.41, 5.74) is 3.85. The highest BCUT2D eigenvalue weighted by atomic mass is 35.5. The number of carbonyl (C=O) groups is 1. The highest BCUT2D eigenvalue weighted by Gasteiger charge is 2.18. The molecule has 3 nitrogen and oxygen atoms in total. The van der Waals surface area contributed by atoms with Gasteiger partial charge < -0.3 is 0 Å². The van der Waals surface area contributed by atoms with Gasteiger partial charge in [-0.05, 0) is 54.8 Å². The number of aromatic nitrogens is 1. The van der Waals surface area contributed by atoms with Gasteiger partial charge in [0.25, 0.3) is 0 Å². The minimum atomic E-state index is 0.575. The molecule has 1 fully saturated rings. The lowest BCUT2D eigenvalue weighted by Crippen LogP contribution is -2.32. The van der Waals surface area contributed by atoms with Crippen molar-refractivity contribution >= 4 is 39.3 Å². The summed E-state index contributed by atoms with van der Waals surface area (Å²) < 4.78 is 1.06. The zero-order valence-electron chi connectivity index (χ0n) is 18.9. The molecule has 0 saturated heterocycles. The standard InChI is InChI=1S/C19H24N2.C9H5ClOS/c1-21(19-10-3-2-4-11-19)15-16-7-5-8-17(13-16)18-9-6-12-20-14-18;10-9-6-3-1-2-4-7(6)12-8(9)5-11/h5-9,12-14,19H,2-4,10-11,15H2,1H3;1-5H. The van der Waals surface area contributed by atoms with E-state index >= 15 is 0 Å². The van der Waals surface area contributed by atoms with Gasteiger partial charge in [0.15, 0.2) is 6.29 Å². The van der Waals surface area contributed by atoms with Crippen molar-refractivity contribution in [3.63, 3.8) is 0 Å². The summed E-state index contributed by atoms with van der Waals surface area (Å²) in [4.78, 5) is 17.9. The molecule has 2 aromatic carbocycles. The largest absolute Gasteiger partial charge is 0.299 e. The van der Waals surface area contributed by atoms with Crippen LogP contribution < -0.4 is 0 Å². The molecule has 2 heterocycles. The number of aldehydes is 1. The number of nitrogens with zero attached hydrogens (tertiary/aromatic N) is 2. The summed E-state index contributed by atoms with van der Waals surface area (Å²) in [5, 5.41) is 1.54. The van der Waals surface area contributed by atoms with E-state index in [4.69, 9.17) is 11.6 Å². The first kappa shape index (κ1) is 23.6. The van der Waals surface area contributed by atoms with Crippen molar-refractivity contribution in [3.05, 3.63) is 88.5 Å². The fraction of sp³-hybridized carbons (Fsp3) is 0.286. The van der Waals surface area contributed by atoms with Crippen LogP contribution in [0.4, 0.5) is 0 Å². The van der Waals surface area contributed by atoms with Gasteiger partial charge in [-0.3, -0.25) is 14.7 Å². The van der Waals surface area contributed by atoms with Crippen LogP contribution in [-0.4, -0.2) is 29.3 Å². The number of thiophene rings is 1. The zero-order valence-corrected chi connectivity index (χ0v) is 20.5. The van der Waals surface area contributed by atoms with Crippen molar-refractivity contribution in [1.29, 1.82) is 0 Å². The summed E-state index contributed by atoms with van der Waals surface area (Å²) in [7, 11) is 2.27. The number of halogens is 1.